The average molecular weight is 273 g/mol. The Morgan fingerprint density at radius 3 is 2.39 bits per heavy atom. The lowest BCUT2D eigenvalue weighted by Crippen LogP contribution is -2.29. The smallest absolute Gasteiger partial charge is 0.238 e. The van der Waals surface area contributed by atoms with Crippen molar-refractivity contribution < 1.29 is 13.5 Å². The van der Waals surface area contributed by atoms with Crippen molar-refractivity contribution in [3.8, 4) is 0 Å². The number of anilines is 2. The summed E-state index contributed by atoms with van der Waals surface area (Å²) in [6, 6.07) is 4.07. The van der Waals surface area contributed by atoms with Crippen molar-refractivity contribution in [2.24, 2.45) is 11.1 Å². The Hall–Kier alpha value is -1.31. The highest BCUT2D eigenvalue weighted by Gasteiger charge is 2.15. The van der Waals surface area contributed by atoms with E-state index in [2.05, 4.69) is 5.32 Å². The molecule has 18 heavy (non-hydrogen) atoms. The third-order valence-electron chi connectivity index (χ3n) is 2.69. The van der Waals surface area contributed by atoms with E-state index in [0.29, 0.717) is 5.69 Å². The molecular weight excluding hydrogens is 254 g/mol. The number of benzene rings is 1. The molecule has 0 aliphatic rings. The van der Waals surface area contributed by atoms with E-state index in [1.807, 2.05) is 13.8 Å². The molecule has 0 aliphatic carbocycles. The van der Waals surface area contributed by atoms with Gasteiger partial charge in [0, 0.05) is 0 Å². The number of hydrogen-bond acceptors (Lipinski definition) is 5. The Morgan fingerprint density at radius 2 is 2.00 bits per heavy atom. The second kappa shape index (κ2) is 5.55. The average Bonchev–Trinajstić information content (AvgIpc) is 2.25. The number of rotatable bonds is 5. The maximum absolute atomic E-state index is 11.1. The monoisotopic (exact) mass is 273 g/mol. The molecule has 0 heterocycles. The van der Waals surface area contributed by atoms with Crippen LogP contribution in [0.1, 0.15) is 13.8 Å². The third kappa shape index (κ3) is 3.59. The van der Waals surface area contributed by atoms with E-state index in [1.54, 1.807) is 6.07 Å². The van der Waals surface area contributed by atoms with Crippen LogP contribution in [-0.4, -0.2) is 26.2 Å². The van der Waals surface area contributed by atoms with Gasteiger partial charge in [0.15, 0.2) is 0 Å². The minimum Gasteiger partial charge on any atom is -0.397 e. The molecule has 1 rings (SSSR count). The quantitative estimate of drug-likeness (QED) is 0.577. The fraction of sp³-hybridized carbons (Fsp3) is 0.455. The van der Waals surface area contributed by atoms with Crippen molar-refractivity contribution in [1.82, 2.24) is 0 Å². The molecule has 0 saturated heterocycles. The van der Waals surface area contributed by atoms with Crippen molar-refractivity contribution in [3.05, 3.63) is 18.2 Å². The zero-order valence-electron chi connectivity index (χ0n) is 10.4. The van der Waals surface area contributed by atoms with Gasteiger partial charge in [0.25, 0.3) is 0 Å². The second-order valence-electron chi connectivity index (χ2n) is 4.47. The van der Waals surface area contributed by atoms with Gasteiger partial charge in [-0.05, 0) is 24.1 Å². The summed E-state index contributed by atoms with van der Waals surface area (Å²) in [5.74, 6) is 0.215. The Labute approximate surface area is 107 Å². The van der Waals surface area contributed by atoms with Crippen LogP contribution in [0.25, 0.3) is 0 Å². The van der Waals surface area contributed by atoms with Gasteiger partial charge in [0.1, 0.15) is 0 Å². The highest BCUT2D eigenvalue weighted by Crippen LogP contribution is 2.23. The topological polar surface area (TPSA) is 118 Å². The Kier molecular flexibility index (Phi) is 4.55. The van der Waals surface area contributed by atoms with E-state index in [-0.39, 0.29) is 29.1 Å². The Balaban J connectivity index is 3.00. The lowest BCUT2D eigenvalue weighted by Gasteiger charge is -2.22. The molecule has 102 valence electrons. The highest BCUT2D eigenvalue weighted by molar-refractivity contribution is 7.89. The minimum atomic E-state index is -3.75. The first kappa shape index (κ1) is 14.7. The van der Waals surface area contributed by atoms with Crippen LogP contribution < -0.4 is 16.2 Å². The first-order chi connectivity index (χ1) is 8.25. The number of sulfonamides is 1. The molecule has 1 unspecified atom stereocenters. The largest absolute Gasteiger partial charge is 0.397 e. The Bertz CT molecular complexity index is 514. The number of nitrogen functional groups attached to an aromatic ring is 1. The number of hydrogen-bond donors (Lipinski definition) is 4. The zero-order chi connectivity index (χ0) is 13.9. The lowest BCUT2D eigenvalue weighted by atomic mass is 10.0. The summed E-state index contributed by atoms with van der Waals surface area (Å²) in [6.07, 6.45) is 0. The van der Waals surface area contributed by atoms with Crippen LogP contribution in [0.5, 0.6) is 0 Å². The zero-order valence-corrected chi connectivity index (χ0v) is 11.2. The molecule has 0 radical (unpaired) electrons. The van der Waals surface area contributed by atoms with Crippen LogP contribution in [0.3, 0.4) is 0 Å². The first-order valence-corrected chi connectivity index (χ1v) is 7.10. The van der Waals surface area contributed by atoms with Gasteiger partial charge < -0.3 is 16.2 Å². The number of aliphatic hydroxyl groups is 1. The molecular formula is C11H19N3O3S. The number of aliphatic hydroxyl groups excluding tert-OH is 1. The fourth-order valence-electron chi connectivity index (χ4n) is 1.47. The standard InChI is InChI=1S/C11H19N3O3S/c1-7(2)11(6-15)14-10-4-3-8(5-9(10)12)18(13,16)17/h3-5,7,11,14-15H,6,12H2,1-2H3,(H2,13,16,17). The van der Waals surface area contributed by atoms with Gasteiger partial charge in [-0.15, -0.1) is 0 Å². The molecule has 1 atom stereocenters. The summed E-state index contributed by atoms with van der Waals surface area (Å²) in [4.78, 5) is -0.0318. The lowest BCUT2D eigenvalue weighted by molar-refractivity contribution is 0.249. The van der Waals surface area contributed by atoms with E-state index in [0.717, 1.165) is 0 Å². The highest BCUT2D eigenvalue weighted by atomic mass is 32.2. The van der Waals surface area contributed by atoms with Crippen LogP contribution in [-0.2, 0) is 10.0 Å². The van der Waals surface area contributed by atoms with Crippen molar-refractivity contribution in [2.45, 2.75) is 24.8 Å². The first-order valence-electron chi connectivity index (χ1n) is 5.55. The van der Waals surface area contributed by atoms with Gasteiger partial charge in [-0.1, -0.05) is 13.8 Å². The second-order valence-corrected chi connectivity index (χ2v) is 6.03. The van der Waals surface area contributed by atoms with E-state index >= 15 is 0 Å². The Morgan fingerprint density at radius 1 is 1.39 bits per heavy atom. The molecule has 1 aromatic rings. The van der Waals surface area contributed by atoms with Crippen LogP contribution in [0.15, 0.2) is 23.1 Å². The van der Waals surface area contributed by atoms with Crippen LogP contribution in [0, 0.1) is 5.92 Å². The number of nitrogens with two attached hydrogens (primary N) is 2. The summed E-state index contributed by atoms with van der Waals surface area (Å²) in [6.45, 7) is 3.89. The maximum atomic E-state index is 11.1. The van der Waals surface area contributed by atoms with Crippen LogP contribution in [0.4, 0.5) is 11.4 Å². The van der Waals surface area contributed by atoms with Crippen molar-refractivity contribution >= 4 is 21.4 Å². The van der Waals surface area contributed by atoms with Crippen molar-refractivity contribution in [3.63, 3.8) is 0 Å². The molecule has 0 aliphatic heterocycles. The van der Waals surface area contributed by atoms with Gasteiger partial charge in [-0.2, -0.15) is 0 Å². The molecule has 0 aromatic heterocycles. The molecule has 7 heteroatoms. The number of primary sulfonamides is 1. The van der Waals surface area contributed by atoms with E-state index in [4.69, 9.17) is 10.9 Å². The van der Waals surface area contributed by atoms with E-state index in [9.17, 15) is 13.5 Å². The summed E-state index contributed by atoms with van der Waals surface area (Å²) < 4.78 is 22.3. The van der Waals surface area contributed by atoms with Gasteiger partial charge in [-0.3, -0.25) is 0 Å². The minimum absolute atomic E-state index is 0.0318. The van der Waals surface area contributed by atoms with Gasteiger partial charge in [0.05, 0.1) is 28.9 Å². The normalized spacial score (nSPS) is 13.6. The maximum Gasteiger partial charge on any atom is 0.238 e. The van der Waals surface area contributed by atoms with Gasteiger partial charge in [0.2, 0.25) is 10.0 Å². The summed E-state index contributed by atoms with van der Waals surface area (Å²) in [5.41, 5.74) is 6.61. The molecule has 0 fully saturated rings. The number of nitrogens with one attached hydrogen (secondary N) is 1. The molecule has 0 bridgehead atoms. The SMILES string of the molecule is CC(C)C(CO)Nc1ccc(S(N)(=O)=O)cc1N. The van der Waals surface area contributed by atoms with Crippen molar-refractivity contribution in [2.75, 3.05) is 17.7 Å². The summed E-state index contributed by atoms with van der Waals surface area (Å²) in [5, 5.41) is 17.3. The summed E-state index contributed by atoms with van der Waals surface area (Å²) >= 11 is 0. The predicted molar refractivity (Wildman–Crippen MR) is 71.6 cm³/mol. The van der Waals surface area contributed by atoms with Gasteiger partial charge in [-0.25, -0.2) is 13.6 Å². The predicted octanol–water partition coefficient (Wildman–Crippen LogP) is 0.345. The van der Waals surface area contributed by atoms with Crippen molar-refractivity contribution in [1.29, 1.82) is 0 Å². The van der Waals surface area contributed by atoms with Gasteiger partial charge >= 0.3 is 0 Å². The molecule has 1 aromatic carbocycles. The summed E-state index contributed by atoms with van der Waals surface area (Å²) in [7, 11) is -3.75. The molecule has 6 N–H and O–H groups in total. The van der Waals surface area contributed by atoms with Crippen LogP contribution in [0.2, 0.25) is 0 Å². The van der Waals surface area contributed by atoms with E-state index in [1.165, 1.54) is 12.1 Å². The molecule has 0 spiro atoms. The third-order valence-corrected chi connectivity index (χ3v) is 3.60. The molecule has 6 nitrogen and oxygen atoms in total. The fourth-order valence-corrected chi connectivity index (χ4v) is 2.02. The van der Waals surface area contributed by atoms with E-state index < -0.39 is 10.0 Å². The van der Waals surface area contributed by atoms with Crippen LogP contribution >= 0.6 is 0 Å². The molecule has 0 amide bonds. The molecule has 0 saturated carbocycles.